The second kappa shape index (κ2) is 8.35. The minimum Gasteiger partial charge on any atom is -0.493 e. The number of quaternary nitrogens is 1. The molecule has 4 amide bonds. The minimum atomic E-state index is -1.25. The summed E-state index contributed by atoms with van der Waals surface area (Å²) in [5.74, 6) is -3.05. The Morgan fingerprint density at radius 3 is 2.48 bits per heavy atom. The van der Waals surface area contributed by atoms with E-state index in [9.17, 15) is 29.4 Å². The SMILES string of the molecule is CC1=C2SC(C(=O)O)=CN2C(=O)[N+](Cc2ccc(Cl)cc2)(NC(=O)c2ccc(O)nc2)C1=O. The number of amides is 4. The van der Waals surface area contributed by atoms with Crippen molar-refractivity contribution in [1.82, 2.24) is 15.3 Å². The second-order valence-electron chi connectivity index (χ2n) is 7.23. The molecular weight excluding hydrogens is 472 g/mol. The first kappa shape index (κ1) is 22.5. The predicted octanol–water partition coefficient (Wildman–Crippen LogP) is 2.97. The second-order valence-corrected chi connectivity index (χ2v) is 8.70. The molecule has 0 aliphatic carbocycles. The molecule has 2 aliphatic rings. The van der Waals surface area contributed by atoms with E-state index in [1.807, 2.05) is 0 Å². The van der Waals surface area contributed by atoms with Crippen LogP contribution in [0.5, 0.6) is 5.88 Å². The van der Waals surface area contributed by atoms with Crippen molar-refractivity contribution in [3.63, 3.8) is 0 Å². The summed E-state index contributed by atoms with van der Waals surface area (Å²) in [5.41, 5.74) is 3.15. The van der Waals surface area contributed by atoms with Crippen LogP contribution in [-0.2, 0) is 16.1 Å². The number of aromatic hydroxyl groups is 1. The van der Waals surface area contributed by atoms with Gasteiger partial charge in [-0.2, -0.15) is 5.43 Å². The highest BCUT2D eigenvalue weighted by molar-refractivity contribution is 8.07. The quantitative estimate of drug-likeness (QED) is 0.547. The number of hydrogen-bond acceptors (Lipinski definition) is 7. The third-order valence-corrected chi connectivity index (χ3v) is 6.49. The summed E-state index contributed by atoms with van der Waals surface area (Å²) in [6, 6.07) is 8.03. The molecule has 1 aromatic carbocycles. The van der Waals surface area contributed by atoms with Crippen molar-refractivity contribution < 1.29 is 34.0 Å². The van der Waals surface area contributed by atoms with Crippen molar-refractivity contribution >= 4 is 47.2 Å². The summed E-state index contributed by atoms with van der Waals surface area (Å²) in [5, 5.41) is 19.4. The molecule has 0 bridgehead atoms. The number of nitrogens with one attached hydrogen (secondary N) is 1. The molecule has 2 aromatic rings. The van der Waals surface area contributed by atoms with E-state index in [0.29, 0.717) is 10.6 Å². The number of carbonyl (C=O) groups excluding carboxylic acids is 3. The number of carbonyl (C=O) groups is 4. The number of halogens is 1. The summed E-state index contributed by atoms with van der Waals surface area (Å²) >= 11 is 6.74. The van der Waals surface area contributed by atoms with Gasteiger partial charge < -0.3 is 10.2 Å². The molecule has 0 fully saturated rings. The van der Waals surface area contributed by atoms with Crippen LogP contribution >= 0.6 is 23.4 Å². The molecule has 4 rings (SSSR count). The van der Waals surface area contributed by atoms with Gasteiger partial charge in [-0.15, -0.1) is 0 Å². The Morgan fingerprint density at radius 1 is 1.18 bits per heavy atom. The molecule has 0 saturated heterocycles. The summed E-state index contributed by atoms with van der Waals surface area (Å²) in [7, 11) is 0. The highest BCUT2D eigenvalue weighted by Crippen LogP contribution is 2.43. The van der Waals surface area contributed by atoms with Gasteiger partial charge >= 0.3 is 17.9 Å². The average Bonchev–Trinajstić information content (AvgIpc) is 3.24. The number of aliphatic carboxylic acids is 1. The Kier molecular flexibility index (Phi) is 5.70. The van der Waals surface area contributed by atoms with Crippen molar-refractivity contribution in [2.45, 2.75) is 13.5 Å². The number of aromatic nitrogens is 1. The monoisotopic (exact) mass is 487 g/mol. The Bertz CT molecular complexity index is 1260. The van der Waals surface area contributed by atoms with Crippen LogP contribution in [0, 0.1) is 0 Å². The summed E-state index contributed by atoms with van der Waals surface area (Å²) < 4.78 is -1.15. The van der Waals surface area contributed by atoms with Gasteiger partial charge in [0.2, 0.25) is 5.88 Å². The fourth-order valence-corrected chi connectivity index (χ4v) is 4.45. The fraction of sp³-hybridized carbons (Fsp3) is 0.0952. The van der Waals surface area contributed by atoms with Gasteiger partial charge in [-0.3, -0.25) is 4.79 Å². The zero-order valence-corrected chi connectivity index (χ0v) is 18.6. The molecule has 0 saturated carbocycles. The van der Waals surface area contributed by atoms with Crippen LogP contribution in [0.1, 0.15) is 22.8 Å². The number of carboxylic acids is 1. The normalized spacial score (nSPS) is 19.9. The summed E-state index contributed by atoms with van der Waals surface area (Å²) in [6.07, 6.45) is 2.23. The highest BCUT2D eigenvalue weighted by Gasteiger charge is 2.57. The number of urea groups is 1. The molecule has 1 unspecified atom stereocenters. The molecule has 0 radical (unpaired) electrons. The van der Waals surface area contributed by atoms with E-state index in [0.717, 1.165) is 29.1 Å². The fourth-order valence-electron chi connectivity index (χ4n) is 3.40. The number of imide groups is 1. The lowest BCUT2D eigenvalue weighted by molar-refractivity contribution is -0.826. The van der Waals surface area contributed by atoms with Crippen LogP contribution in [0.3, 0.4) is 0 Å². The lowest BCUT2D eigenvalue weighted by atomic mass is 10.1. The first-order chi connectivity index (χ1) is 15.6. The third-order valence-electron chi connectivity index (χ3n) is 5.04. The van der Waals surface area contributed by atoms with Gasteiger partial charge in [-0.1, -0.05) is 40.1 Å². The van der Waals surface area contributed by atoms with Gasteiger partial charge in [0.15, 0.2) is 0 Å². The van der Waals surface area contributed by atoms with Gasteiger partial charge in [0.1, 0.15) is 16.5 Å². The first-order valence-electron chi connectivity index (χ1n) is 9.45. The lowest BCUT2D eigenvalue weighted by Crippen LogP contribution is -2.70. The van der Waals surface area contributed by atoms with E-state index in [4.69, 9.17) is 11.6 Å². The minimum absolute atomic E-state index is 0.00648. The highest BCUT2D eigenvalue weighted by atomic mass is 35.5. The van der Waals surface area contributed by atoms with E-state index in [2.05, 4.69) is 10.4 Å². The molecule has 1 atom stereocenters. The molecule has 12 heteroatoms. The Morgan fingerprint density at radius 2 is 1.88 bits per heavy atom. The first-order valence-corrected chi connectivity index (χ1v) is 10.6. The lowest BCUT2D eigenvalue weighted by Gasteiger charge is -2.38. The van der Waals surface area contributed by atoms with Crippen LogP contribution in [0.25, 0.3) is 0 Å². The Hall–Kier alpha value is -3.67. The number of carboxylic acid groups (broad SMARTS) is 1. The predicted molar refractivity (Wildman–Crippen MR) is 117 cm³/mol. The van der Waals surface area contributed by atoms with Crippen molar-refractivity contribution in [2.24, 2.45) is 0 Å². The van der Waals surface area contributed by atoms with Crippen LogP contribution in [0.15, 0.2) is 64.3 Å². The third kappa shape index (κ3) is 3.97. The number of rotatable bonds is 5. The maximum Gasteiger partial charge on any atom is 0.461 e. The largest absolute Gasteiger partial charge is 0.493 e. The van der Waals surface area contributed by atoms with E-state index in [1.54, 1.807) is 24.3 Å². The molecule has 1 aromatic heterocycles. The number of pyridine rings is 1. The van der Waals surface area contributed by atoms with Gasteiger partial charge in [-0.25, -0.2) is 24.3 Å². The van der Waals surface area contributed by atoms with Gasteiger partial charge in [0.05, 0.1) is 11.1 Å². The van der Waals surface area contributed by atoms with Crippen LogP contribution in [-0.4, -0.2) is 48.5 Å². The standard InChI is InChI=1S/C21H15ClN4O6S/c1-11-18-25(9-15(33-18)20(30)31)21(32)26(19(11)29,10-12-2-5-14(22)6-3-12)24-17(28)13-4-7-16(27)23-8-13/h2-9H,10H2,1H3,(H2-,23,24,27,28,30,31)/p+1. The number of nitrogens with zero attached hydrogens (tertiary/aromatic N) is 3. The molecule has 33 heavy (non-hydrogen) atoms. The topological polar surface area (TPSA) is 137 Å². The molecule has 10 nitrogen and oxygen atoms in total. The molecule has 0 spiro atoms. The summed E-state index contributed by atoms with van der Waals surface area (Å²) in [4.78, 5) is 56.3. The zero-order chi connectivity index (χ0) is 23.9. The smallest absolute Gasteiger partial charge is 0.461 e. The molecule has 168 valence electrons. The van der Waals surface area contributed by atoms with Crippen LogP contribution < -0.4 is 5.43 Å². The molecule has 2 aliphatic heterocycles. The number of fused-ring (bicyclic) bond motifs is 1. The molecule has 3 N–H and O–H groups in total. The van der Waals surface area contributed by atoms with E-state index >= 15 is 0 Å². The maximum absolute atomic E-state index is 13.6. The van der Waals surface area contributed by atoms with E-state index < -0.39 is 28.4 Å². The summed E-state index contributed by atoms with van der Waals surface area (Å²) in [6.45, 7) is 1.21. The van der Waals surface area contributed by atoms with Crippen molar-refractivity contribution in [3.05, 3.63) is 80.5 Å². The van der Waals surface area contributed by atoms with Gasteiger partial charge in [0.25, 0.3) is 5.91 Å². The van der Waals surface area contributed by atoms with Gasteiger partial charge in [0, 0.05) is 29.0 Å². The van der Waals surface area contributed by atoms with E-state index in [-0.39, 0.29) is 33.5 Å². The van der Waals surface area contributed by atoms with Gasteiger partial charge in [-0.05, 0) is 25.1 Å². The van der Waals surface area contributed by atoms with Crippen molar-refractivity contribution in [1.29, 1.82) is 0 Å². The zero-order valence-electron chi connectivity index (χ0n) is 17.0. The number of thioether (sulfide) groups is 1. The maximum atomic E-state index is 13.6. The average molecular weight is 488 g/mol. The Labute approximate surface area is 196 Å². The van der Waals surface area contributed by atoms with Crippen LogP contribution in [0.4, 0.5) is 4.79 Å². The van der Waals surface area contributed by atoms with Crippen molar-refractivity contribution in [2.75, 3.05) is 0 Å². The molecular formula is C21H16ClN4O6S+. The number of hydrogen-bond donors (Lipinski definition) is 3. The van der Waals surface area contributed by atoms with Crippen LogP contribution in [0.2, 0.25) is 5.02 Å². The number of benzene rings is 1. The van der Waals surface area contributed by atoms with E-state index in [1.165, 1.54) is 19.1 Å². The van der Waals surface area contributed by atoms with Crippen molar-refractivity contribution in [3.8, 4) is 5.88 Å². The Balaban J connectivity index is 1.81. The molecule has 3 heterocycles.